The lowest BCUT2D eigenvalue weighted by Crippen LogP contribution is -2.19. The molecule has 1 aliphatic rings. The molecule has 0 fully saturated rings. The standard InChI is InChI=1S/C14H11N3O4/c18-10-4-2-7-5-8(1-3-9(7)17-10)13(19)11-12(14(20)21)16-6-15-11/h1,3,5-6H,2,4H2,(H,15,16)(H,17,18)(H,20,21). The molecule has 106 valence electrons. The van der Waals surface area contributed by atoms with Crippen molar-refractivity contribution >= 4 is 23.3 Å². The van der Waals surface area contributed by atoms with Crippen molar-refractivity contribution in [2.75, 3.05) is 5.32 Å². The van der Waals surface area contributed by atoms with Gasteiger partial charge in [0.1, 0.15) is 5.69 Å². The van der Waals surface area contributed by atoms with Gasteiger partial charge in [-0.25, -0.2) is 9.78 Å². The second-order valence-corrected chi connectivity index (χ2v) is 4.68. The van der Waals surface area contributed by atoms with Crippen LogP contribution in [0.25, 0.3) is 0 Å². The van der Waals surface area contributed by atoms with Crippen LogP contribution in [0.15, 0.2) is 24.5 Å². The van der Waals surface area contributed by atoms with Crippen molar-refractivity contribution in [2.45, 2.75) is 12.8 Å². The molecule has 0 saturated carbocycles. The number of carboxylic acid groups (broad SMARTS) is 1. The zero-order valence-corrected chi connectivity index (χ0v) is 10.8. The third kappa shape index (κ3) is 2.29. The van der Waals surface area contributed by atoms with Gasteiger partial charge in [0.05, 0.1) is 6.33 Å². The summed E-state index contributed by atoms with van der Waals surface area (Å²) in [5.74, 6) is -1.75. The Morgan fingerprint density at radius 3 is 2.81 bits per heavy atom. The van der Waals surface area contributed by atoms with Crippen LogP contribution in [0.4, 0.5) is 5.69 Å². The van der Waals surface area contributed by atoms with Crippen molar-refractivity contribution in [3.63, 3.8) is 0 Å². The number of anilines is 1. The Morgan fingerprint density at radius 2 is 2.05 bits per heavy atom. The third-order valence-corrected chi connectivity index (χ3v) is 3.33. The summed E-state index contributed by atoms with van der Waals surface area (Å²) < 4.78 is 0. The van der Waals surface area contributed by atoms with Crippen LogP contribution in [0.2, 0.25) is 0 Å². The van der Waals surface area contributed by atoms with E-state index in [4.69, 9.17) is 5.11 Å². The molecule has 1 aromatic carbocycles. The SMILES string of the molecule is O=C1CCc2cc(C(=O)c3nc[nH]c3C(=O)O)ccc2N1. The van der Waals surface area contributed by atoms with Gasteiger partial charge in [0.2, 0.25) is 11.7 Å². The minimum absolute atomic E-state index is 0.0537. The molecule has 2 aromatic rings. The molecule has 21 heavy (non-hydrogen) atoms. The number of H-pyrrole nitrogens is 1. The van der Waals surface area contributed by atoms with Crippen molar-refractivity contribution in [1.29, 1.82) is 0 Å². The van der Waals surface area contributed by atoms with Gasteiger partial charge in [-0.05, 0) is 30.2 Å². The van der Waals surface area contributed by atoms with E-state index in [0.29, 0.717) is 24.1 Å². The minimum atomic E-state index is -1.24. The largest absolute Gasteiger partial charge is 0.477 e. The fourth-order valence-corrected chi connectivity index (χ4v) is 2.29. The van der Waals surface area contributed by atoms with Crippen LogP contribution in [0.3, 0.4) is 0 Å². The van der Waals surface area contributed by atoms with E-state index in [1.54, 1.807) is 18.2 Å². The van der Waals surface area contributed by atoms with Gasteiger partial charge < -0.3 is 15.4 Å². The van der Waals surface area contributed by atoms with Crippen LogP contribution in [0, 0.1) is 0 Å². The number of aryl methyl sites for hydroxylation is 1. The fraction of sp³-hybridized carbons (Fsp3) is 0.143. The lowest BCUT2D eigenvalue weighted by Gasteiger charge is -2.17. The molecule has 1 amide bonds. The van der Waals surface area contributed by atoms with Gasteiger partial charge in [-0.15, -0.1) is 0 Å². The Morgan fingerprint density at radius 1 is 1.24 bits per heavy atom. The maximum absolute atomic E-state index is 12.3. The first-order valence-electron chi connectivity index (χ1n) is 6.30. The van der Waals surface area contributed by atoms with E-state index in [-0.39, 0.29) is 17.3 Å². The summed E-state index contributed by atoms with van der Waals surface area (Å²) in [4.78, 5) is 40.9. The number of nitrogens with zero attached hydrogens (tertiary/aromatic N) is 1. The van der Waals surface area contributed by atoms with Gasteiger partial charge in [0, 0.05) is 17.7 Å². The highest BCUT2D eigenvalue weighted by atomic mass is 16.4. The third-order valence-electron chi connectivity index (χ3n) is 3.33. The zero-order chi connectivity index (χ0) is 15.0. The van der Waals surface area contributed by atoms with Crippen molar-refractivity contribution < 1.29 is 19.5 Å². The second kappa shape index (κ2) is 4.86. The van der Waals surface area contributed by atoms with Crippen LogP contribution in [-0.2, 0) is 11.2 Å². The summed E-state index contributed by atoms with van der Waals surface area (Å²) in [7, 11) is 0. The molecule has 2 heterocycles. The number of hydrogen-bond donors (Lipinski definition) is 3. The monoisotopic (exact) mass is 285 g/mol. The maximum atomic E-state index is 12.3. The van der Waals surface area contributed by atoms with E-state index in [9.17, 15) is 14.4 Å². The van der Waals surface area contributed by atoms with Crippen molar-refractivity contribution in [1.82, 2.24) is 9.97 Å². The molecule has 3 N–H and O–H groups in total. The van der Waals surface area contributed by atoms with E-state index in [1.807, 2.05) is 0 Å². The molecule has 0 radical (unpaired) electrons. The molecule has 1 aromatic heterocycles. The Hall–Kier alpha value is -2.96. The Balaban J connectivity index is 1.97. The quantitative estimate of drug-likeness (QED) is 0.734. The minimum Gasteiger partial charge on any atom is -0.477 e. The average molecular weight is 285 g/mol. The number of rotatable bonds is 3. The summed E-state index contributed by atoms with van der Waals surface area (Å²) in [5.41, 5.74) is 1.53. The summed E-state index contributed by atoms with van der Waals surface area (Å²) in [6.45, 7) is 0. The molecule has 0 saturated heterocycles. The van der Waals surface area contributed by atoms with E-state index < -0.39 is 11.8 Å². The first kappa shape index (κ1) is 13.0. The van der Waals surface area contributed by atoms with Gasteiger partial charge in [0.15, 0.2) is 5.69 Å². The van der Waals surface area contributed by atoms with Gasteiger partial charge in [0.25, 0.3) is 0 Å². The number of nitrogens with one attached hydrogen (secondary N) is 2. The molecule has 0 bridgehead atoms. The number of ketones is 1. The number of amides is 1. The highest BCUT2D eigenvalue weighted by molar-refractivity contribution is 6.12. The van der Waals surface area contributed by atoms with E-state index in [1.165, 1.54) is 6.33 Å². The molecule has 7 nitrogen and oxygen atoms in total. The number of aromatic amines is 1. The number of fused-ring (bicyclic) bond motifs is 1. The molecular formula is C14H11N3O4. The van der Waals surface area contributed by atoms with Gasteiger partial charge >= 0.3 is 5.97 Å². The summed E-state index contributed by atoms with van der Waals surface area (Å²) in [6.07, 6.45) is 2.09. The molecular weight excluding hydrogens is 274 g/mol. The number of imidazole rings is 1. The van der Waals surface area contributed by atoms with E-state index in [2.05, 4.69) is 15.3 Å². The fourth-order valence-electron chi connectivity index (χ4n) is 2.29. The van der Waals surface area contributed by atoms with Crippen molar-refractivity contribution in [2.24, 2.45) is 0 Å². The number of aromatic carboxylic acids is 1. The molecule has 0 aliphatic carbocycles. The summed E-state index contributed by atoms with van der Waals surface area (Å²) in [6, 6.07) is 4.86. The van der Waals surface area contributed by atoms with Crippen LogP contribution < -0.4 is 5.32 Å². The predicted octanol–water partition coefficient (Wildman–Crippen LogP) is 1.22. The normalized spacial score (nSPS) is 13.4. The number of carboxylic acids is 1. The van der Waals surface area contributed by atoms with Crippen LogP contribution in [-0.4, -0.2) is 32.7 Å². The second-order valence-electron chi connectivity index (χ2n) is 4.68. The molecule has 0 spiro atoms. The first-order valence-corrected chi connectivity index (χ1v) is 6.30. The number of carbonyl (C=O) groups is 3. The number of aromatic nitrogens is 2. The van der Waals surface area contributed by atoms with Crippen LogP contribution in [0.5, 0.6) is 0 Å². The van der Waals surface area contributed by atoms with Gasteiger partial charge in [-0.3, -0.25) is 9.59 Å². The number of benzene rings is 1. The number of carbonyl (C=O) groups excluding carboxylic acids is 2. The molecule has 3 rings (SSSR count). The van der Waals surface area contributed by atoms with E-state index >= 15 is 0 Å². The topological polar surface area (TPSA) is 112 Å². The lowest BCUT2D eigenvalue weighted by atomic mass is 9.97. The average Bonchev–Trinajstić information content (AvgIpc) is 2.95. The van der Waals surface area contributed by atoms with Gasteiger partial charge in [-0.2, -0.15) is 0 Å². The van der Waals surface area contributed by atoms with Crippen molar-refractivity contribution in [3.05, 3.63) is 47.0 Å². The highest BCUT2D eigenvalue weighted by Crippen LogP contribution is 2.24. The van der Waals surface area contributed by atoms with E-state index in [0.717, 1.165) is 5.56 Å². The number of hydrogen-bond acceptors (Lipinski definition) is 4. The Bertz CT molecular complexity index is 763. The van der Waals surface area contributed by atoms with Crippen LogP contribution >= 0.6 is 0 Å². The molecule has 7 heteroatoms. The van der Waals surface area contributed by atoms with Crippen molar-refractivity contribution in [3.8, 4) is 0 Å². The highest BCUT2D eigenvalue weighted by Gasteiger charge is 2.23. The lowest BCUT2D eigenvalue weighted by molar-refractivity contribution is -0.116. The zero-order valence-electron chi connectivity index (χ0n) is 10.8. The Labute approximate surface area is 119 Å². The predicted molar refractivity (Wildman–Crippen MR) is 72.4 cm³/mol. The summed E-state index contributed by atoms with van der Waals surface area (Å²) in [5, 5.41) is 11.7. The summed E-state index contributed by atoms with van der Waals surface area (Å²) >= 11 is 0. The maximum Gasteiger partial charge on any atom is 0.354 e. The molecule has 0 unspecified atom stereocenters. The molecule has 0 atom stereocenters. The van der Waals surface area contributed by atoms with Gasteiger partial charge in [-0.1, -0.05) is 0 Å². The molecule has 1 aliphatic heterocycles. The van der Waals surface area contributed by atoms with Crippen LogP contribution in [0.1, 0.15) is 38.5 Å². The Kier molecular flexibility index (Phi) is 3.02. The first-order chi connectivity index (χ1) is 10.1. The smallest absolute Gasteiger partial charge is 0.354 e.